The summed E-state index contributed by atoms with van der Waals surface area (Å²) < 4.78 is 0. The lowest BCUT2D eigenvalue weighted by molar-refractivity contribution is -0.140. The van der Waals surface area contributed by atoms with Gasteiger partial charge in [0.15, 0.2) is 0 Å². The van der Waals surface area contributed by atoms with Crippen molar-refractivity contribution in [2.75, 3.05) is 6.54 Å². The molecule has 0 heterocycles. The number of halogens is 4. The number of carbonyl (C=O) groups excluding carboxylic acids is 2. The SMILES string of the molecule is CCNC(=O)C(CC)N(Cc1c(Cl)cccc1Cl)C(=O)Cc1c(Cl)cccc1Cl. The Balaban J connectivity index is 2.42. The Hall–Kier alpha value is -1.46. The first-order valence-corrected chi connectivity index (χ1v) is 10.7. The van der Waals surface area contributed by atoms with Crippen LogP contribution in [0.3, 0.4) is 0 Å². The summed E-state index contributed by atoms with van der Waals surface area (Å²) in [6.07, 6.45) is 0.381. The molecule has 1 N–H and O–H groups in total. The first-order valence-electron chi connectivity index (χ1n) is 9.23. The number of likely N-dealkylation sites (N-methyl/N-ethyl adjacent to an activating group) is 1. The zero-order valence-corrected chi connectivity index (χ0v) is 19.2. The minimum atomic E-state index is -0.684. The standard InChI is InChI=1S/C21H22Cl4N2O2/c1-3-19(21(29)26-4-2)27(12-14-17(24)9-6-10-18(14)25)20(28)11-13-15(22)7-5-8-16(13)23/h5-10,19H,3-4,11-12H2,1-2H3,(H,26,29). The molecule has 1 atom stereocenters. The first-order chi connectivity index (χ1) is 13.8. The maximum Gasteiger partial charge on any atom is 0.242 e. The van der Waals surface area contributed by atoms with Gasteiger partial charge in [0.25, 0.3) is 0 Å². The van der Waals surface area contributed by atoms with Crippen LogP contribution in [-0.4, -0.2) is 29.3 Å². The van der Waals surface area contributed by atoms with Gasteiger partial charge in [-0.2, -0.15) is 0 Å². The maximum atomic E-state index is 13.3. The van der Waals surface area contributed by atoms with Crippen molar-refractivity contribution in [3.63, 3.8) is 0 Å². The van der Waals surface area contributed by atoms with Gasteiger partial charge < -0.3 is 10.2 Å². The number of carbonyl (C=O) groups is 2. The lowest BCUT2D eigenvalue weighted by Crippen LogP contribution is -2.49. The van der Waals surface area contributed by atoms with Crippen LogP contribution in [-0.2, 0) is 22.6 Å². The minimum absolute atomic E-state index is 0.0452. The third-order valence-corrected chi connectivity index (χ3v) is 5.93. The average molecular weight is 476 g/mol. The molecule has 8 heteroatoms. The Kier molecular flexibility index (Phi) is 9.09. The molecule has 0 fully saturated rings. The van der Waals surface area contributed by atoms with Crippen molar-refractivity contribution in [3.05, 3.63) is 67.6 Å². The summed E-state index contributed by atoms with van der Waals surface area (Å²) >= 11 is 25.1. The van der Waals surface area contributed by atoms with E-state index < -0.39 is 6.04 Å². The lowest BCUT2D eigenvalue weighted by Gasteiger charge is -2.31. The number of amides is 2. The van der Waals surface area contributed by atoms with Gasteiger partial charge in [-0.25, -0.2) is 0 Å². The van der Waals surface area contributed by atoms with E-state index >= 15 is 0 Å². The van der Waals surface area contributed by atoms with Crippen LogP contribution in [0.25, 0.3) is 0 Å². The van der Waals surface area contributed by atoms with Crippen molar-refractivity contribution in [2.24, 2.45) is 0 Å². The number of hydrogen-bond acceptors (Lipinski definition) is 2. The second kappa shape index (κ2) is 11.1. The third-order valence-electron chi connectivity index (χ3n) is 4.52. The molecule has 0 aliphatic rings. The fourth-order valence-electron chi connectivity index (χ4n) is 3.02. The Bertz CT molecular complexity index is 848. The van der Waals surface area contributed by atoms with E-state index in [4.69, 9.17) is 46.4 Å². The molecule has 0 saturated heterocycles. The summed E-state index contributed by atoms with van der Waals surface area (Å²) in [6.45, 7) is 4.22. The largest absolute Gasteiger partial charge is 0.355 e. The topological polar surface area (TPSA) is 49.4 Å². The van der Waals surface area contributed by atoms with Crippen LogP contribution in [0.5, 0.6) is 0 Å². The normalized spacial score (nSPS) is 11.8. The zero-order chi connectivity index (χ0) is 21.6. The van der Waals surface area contributed by atoms with E-state index in [2.05, 4.69) is 5.32 Å². The molecule has 1 unspecified atom stereocenters. The van der Waals surface area contributed by atoms with Crippen LogP contribution < -0.4 is 5.32 Å². The van der Waals surface area contributed by atoms with Gasteiger partial charge in [0.1, 0.15) is 6.04 Å². The average Bonchev–Trinajstić information content (AvgIpc) is 2.67. The van der Waals surface area contributed by atoms with Crippen molar-refractivity contribution in [1.29, 1.82) is 0 Å². The highest BCUT2D eigenvalue weighted by atomic mass is 35.5. The molecule has 0 saturated carbocycles. The van der Waals surface area contributed by atoms with Gasteiger partial charge in [-0.05, 0) is 43.2 Å². The third kappa shape index (κ3) is 6.02. The maximum absolute atomic E-state index is 13.3. The molecule has 0 aromatic heterocycles. The highest BCUT2D eigenvalue weighted by Crippen LogP contribution is 2.29. The van der Waals surface area contributed by atoms with E-state index in [1.165, 1.54) is 4.90 Å². The summed E-state index contributed by atoms with van der Waals surface area (Å²) in [5, 5.41) is 4.43. The number of hydrogen-bond donors (Lipinski definition) is 1. The Morgan fingerprint density at radius 2 is 1.38 bits per heavy atom. The van der Waals surface area contributed by atoms with E-state index in [1.54, 1.807) is 36.4 Å². The Labute approximate surface area is 191 Å². The molecule has 2 amide bonds. The predicted octanol–water partition coefficient (Wildman–Crippen LogP) is 5.79. The molecule has 29 heavy (non-hydrogen) atoms. The van der Waals surface area contributed by atoms with Crippen molar-refractivity contribution < 1.29 is 9.59 Å². The molecule has 0 aliphatic carbocycles. The van der Waals surface area contributed by atoms with Crippen LogP contribution >= 0.6 is 46.4 Å². The molecule has 156 valence electrons. The zero-order valence-electron chi connectivity index (χ0n) is 16.1. The number of benzene rings is 2. The second-order valence-corrected chi connectivity index (χ2v) is 8.05. The van der Waals surface area contributed by atoms with E-state index in [1.807, 2.05) is 13.8 Å². The molecule has 0 spiro atoms. The van der Waals surface area contributed by atoms with Gasteiger partial charge in [0.05, 0.1) is 6.42 Å². The minimum Gasteiger partial charge on any atom is -0.355 e. The molecule has 2 rings (SSSR count). The number of nitrogens with one attached hydrogen (secondary N) is 1. The van der Waals surface area contributed by atoms with Crippen molar-refractivity contribution in [1.82, 2.24) is 10.2 Å². The molecule has 2 aromatic carbocycles. The van der Waals surface area contributed by atoms with Gasteiger partial charge in [0.2, 0.25) is 11.8 Å². The van der Waals surface area contributed by atoms with Gasteiger partial charge >= 0.3 is 0 Å². The highest BCUT2D eigenvalue weighted by molar-refractivity contribution is 6.36. The smallest absolute Gasteiger partial charge is 0.242 e. The van der Waals surface area contributed by atoms with E-state index in [-0.39, 0.29) is 24.8 Å². The quantitative estimate of drug-likeness (QED) is 0.525. The first kappa shape index (κ1) is 23.8. The van der Waals surface area contributed by atoms with E-state index in [0.29, 0.717) is 44.2 Å². The predicted molar refractivity (Wildman–Crippen MR) is 120 cm³/mol. The lowest BCUT2D eigenvalue weighted by atomic mass is 10.1. The van der Waals surface area contributed by atoms with Crippen LogP contribution in [0.15, 0.2) is 36.4 Å². The molecular formula is C21H22Cl4N2O2. The Morgan fingerprint density at radius 3 is 1.83 bits per heavy atom. The van der Waals surface area contributed by atoms with Crippen molar-refractivity contribution in [3.8, 4) is 0 Å². The van der Waals surface area contributed by atoms with Crippen molar-refractivity contribution >= 4 is 58.2 Å². The second-order valence-electron chi connectivity index (χ2n) is 6.42. The summed E-state index contributed by atoms with van der Waals surface area (Å²) in [6, 6.07) is 9.50. The van der Waals surface area contributed by atoms with Crippen LogP contribution in [0, 0.1) is 0 Å². The molecule has 0 radical (unpaired) electrons. The summed E-state index contributed by atoms with van der Waals surface area (Å²) in [5.41, 5.74) is 1.10. The van der Waals surface area contributed by atoms with E-state index in [0.717, 1.165) is 0 Å². The van der Waals surface area contributed by atoms with E-state index in [9.17, 15) is 9.59 Å². The molecule has 4 nitrogen and oxygen atoms in total. The number of rotatable bonds is 8. The monoisotopic (exact) mass is 474 g/mol. The van der Waals surface area contributed by atoms with Gasteiger partial charge in [-0.3, -0.25) is 9.59 Å². The molecular weight excluding hydrogens is 454 g/mol. The van der Waals surface area contributed by atoms with Crippen LogP contribution in [0.4, 0.5) is 0 Å². The van der Waals surface area contributed by atoms with Gasteiger partial charge in [-0.1, -0.05) is 65.5 Å². The molecule has 0 aliphatic heterocycles. The number of nitrogens with zero attached hydrogens (tertiary/aromatic N) is 1. The van der Waals surface area contributed by atoms with Gasteiger partial charge in [-0.15, -0.1) is 0 Å². The van der Waals surface area contributed by atoms with Crippen molar-refractivity contribution in [2.45, 2.75) is 39.3 Å². The fraction of sp³-hybridized carbons (Fsp3) is 0.333. The Morgan fingerprint density at radius 1 is 0.897 bits per heavy atom. The molecule has 0 bridgehead atoms. The van der Waals surface area contributed by atoms with Gasteiger partial charge in [0, 0.05) is 38.7 Å². The van der Waals surface area contributed by atoms with Crippen LogP contribution in [0.2, 0.25) is 20.1 Å². The van der Waals surface area contributed by atoms with Crippen LogP contribution in [0.1, 0.15) is 31.4 Å². The summed E-state index contributed by atoms with van der Waals surface area (Å²) in [4.78, 5) is 27.4. The summed E-state index contributed by atoms with van der Waals surface area (Å²) in [5.74, 6) is -0.536. The fourth-order valence-corrected chi connectivity index (χ4v) is 4.07. The summed E-state index contributed by atoms with van der Waals surface area (Å²) in [7, 11) is 0. The highest BCUT2D eigenvalue weighted by Gasteiger charge is 2.30. The molecule has 2 aromatic rings.